The van der Waals surface area contributed by atoms with Gasteiger partial charge in [-0.15, -0.1) is 0 Å². The minimum atomic E-state index is -1.06. The van der Waals surface area contributed by atoms with E-state index in [0.717, 1.165) is 11.3 Å². The fourth-order valence-electron chi connectivity index (χ4n) is 2.88. The molecule has 1 aromatic heterocycles. The molecule has 1 aromatic carbocycles. The number of hydrogen-bond acceptors (Lipinski definition) is 5. The molecule has 6 heteroatoms. The van der Waals surface area contributed by atoms with E-state index in [0.29, 0.717) is 19.4 Å². The number of carbonyl (C=O) groups is 1. The van der Waals surface area contributed by atoms with Crippen molar-refractivity contribution in [2.45, 2.75) is 25.4 Å². The Kier molecular flexibility index (Phi) is 4.76. The zero-order valence-corrected chi connectivity index (χ0v) is 13.7. The van der Waals surface area contributed by atoms with Gasteiger partial charge >= 0.3 is 0 Å². The Morgan fingerprint density at radius 3 is 2.88 bits per heavy atom. The standard InChI is InChI=1S/C18H21N3O3/c1-14-5-2-6-15(11-14)24-13-18(23)7-3-10-21(12-18)17(22)16-19-8-4-9-20-16/h2,4-6,8-9,11,23H,3,7,10,12-13H2,1H3/t18-/m1/s1. The zero-order chi connectivity index (χ0) is 17.0. The minimum absolute atomic E-state index is 0.149. The van der Waals surface area contributed by atoms with Crippen LogP contribution < -0.4 is 4.74 Å². The summed E-state index contributed by atoms with van der Waals surface area (Å²) in [4.78, 5) is 22.0. The lowest BCUT2D eigenvalue weighted by Crippen LogP contribution is -2.53. The molecule has 0 saturated carbocycles. The Bertz CT molecular complexity index is 708. The Hall–Kier alpha value is -2.47. The van der Waals surface area contributed by atoms with Crippen molar-refractivity contribution in [3.63, 3.8) is 0 Å². The summed E-state index contributed by atoms with van der Waals surface area (Å²) in [6, 6.07) is 9.35. The highest BCUT2D eigenvalue weighted by Crippen LogP contribution is 2.24. The van der Waals surface area contributed by atoms with Crippen molar-refractivity contribution in [2.75, 3.05) is 19.7 Å². The van der Waals surface area contributed by atoms with E-state index in [4.69, 9.17) is 4.74 Å². The molecule has 0 radical (unpaired) electrons. The molecule has 1 aliphatic heterocycles. The molecule has 24 heavy (non-hydrogen) atoms. The third-order valence-electron chi connectivity index (χ3n) is 4.10. The van der Waals surface area contributed by atoms with Crippen molar-refractivity contribution >= 4 is 5.91 Å². The molecule has 1 atom stereocenters. The topological polar surface area (TPSA) is 75.6 Å². The third-order valence-corrected chi connectivity index (χ3v) is 4.10. The highest BCUT2D eigenvalue weighted by molar-refractivity contribution is 5.90. The molecule has 1 fully saturated rings. The van der Waals surface area contributed by atoms with Gasteiger partial charge in [0.25, 0.3) is 5.91 Å². The van der Waals surface area contributed by atoms with Crippen molar-refractivity contribution in [1.29, 1.82) is 0 Å². The van der Waals surface area contributed by atoms with Crippen molar-refractivity contribution in [3.8, 4) is 5.75 Å². The summed E-state index contributed by atoms with van der Waals surface area (Å²) in [6.07, 6.45) is 4.39. The Balaban J connectivity index is 1.64. The first-order valence-electron chi connectivity index (χ1n) is 8.04. The van der Waals surface area contributed by atoms with E-state index in [2.05, 4.69) is 9.97 Å². The predicted octanol–water partition coefficient (Wildman–Crippen LogP) is 1.83. The Morgan fingerprint density at radius 2 is 2.12 bits per heavy atom. The number of likely N-dealkylation sites (tertiary alicyclic amines) is 1. The lowest BCUT2D eigenvalue weighted by Gasteiger charge is -2.38. The maximum Gasteiger partial charge on any atom is 0.291 e. The smallest absolute Gasteiger partial charge is 0.291 e. The van der Waals surface area contributed by atoms with Crippen LogP contribution in [0.15, 0.2) is 42.7 Å². The number of benzene rings is 1. The van der Waals surface area contributed by atoms with Gasteiger partial charge in [0.05, 0.1) is 6.54 Å². The summed E-state index contributed by atoms with van der Waals surface area (Å²) in [6.45, 7) is 2.94. The van der Waals surface area contributed by atoms with Gasteiger partial charge in [-0.05, 0) is 43.5 Å². The van der Waals surface area contributed by atoms with E-state index < -0.39 is 5.60 Å². The molecule has 0 aliphatic carbocycles. The van der Waals surface area contributed by atoms with Gasteiger partial charge in [0.2, 0.25) is 5.82 Å². The Morgan fingerprint density at radius 1 is 1.33 bits per heavy atom. The zero-order valence-electron chi connectivity index (χ0n) is 13.7. The van der Waals surface area contributed by atoms with Gasteiger partial charge in [0.15, 0.2) is 0 Å². The van der Waals surface area contributed by atoms with Crippen LogP contribution in [0.25, 0.3) is 0 Å². The normalized spacial score (nSPS) is 20.7. The summed E-state index contributed by atoms with van der Waals surface area (Å²) in [7, 11) is 0. The Labute approximate surface area is 141 Å². The number of amides is 1. The largest absolute Gasteiger partial charge is 0.491 e. The lowest BCUT2D eigenvalue weighted by molar-refractivity contribution is -0.0534. The highest BCUT2D eigenvalue weighted by Gasteiger charge is 2.37. The van der Waals surface area contributed by atoms with E-state index in [9.17, 15) is 9.90 Å². The molecule has 2 heterocycles. The minimum Gasteiger partial charge on any atom is -0.491 e. The molecule has 3 rings (SSSR count). The number of carbonyl (C=O) groups excluding carboxylic acids is 1. The number of nitrogens with zero attached hydrogens (tertiary/aromatic N) is 3. The maximum absolute atomic E-state index is 12.5. The van der Waals surface area contributed by atoms with E-state index >= 15 is 0 Å². The van der Waals surface area contributed by atoms with Gasteiger partial charge in [-0.25, -0.2) is 9.97 Å². The van der Waals surface area contributed by atoms with Crippen LogP contribution in [0.2, 0.25) is 0 Å². The molecule has 2 aromatic rings. The second-order valence-corrected chi connectivity index (χ2v) is 6.23. The monoisotopic (exact) mass is 327 g/mol. The molecule has 1 aliphatic rings. The molecule has 1 amide bonds. The van der Waals surface area contributed by atoms with Crippen LogP contribution >= 0.6 is 0 Å². The van der Waals surface area contributed by atoms with Gasteiger partial charge < -0.3 is 14.7 Å². The van der Waals surface area contributed by atoms with Crippen molar-refractivity contribution in [2.24, 2.45) is 0 Å². The maximum atomic E-state index is 12.5. The van der Waals surface area contributed by atoms with Crippen LogP contribution in [0.3, 0.4) is 0 Å². The second-order valence-electron chi connectivity index (χ2n) is 6.23. The van der Waals surface area contributed by atoms with Crippen LogP contribution in [0.4, 0.5) is 0 Å². The first-order valence-corrected chi connectivity index (χ1v) is 8.04. The lowest BCUT2D eigenvalue weighted by atomic mass is 9.93. The van der Waals surface area contributed by atoms with Crippen LogP contribution in [-0.2, 0) is 0 Å². The van der Waals surface area contributed by atoms with Crippen molar-refractivity contribution in [3.05, 3.63) is 54.1 Å². The van der Waals surface area contributed by atoms with Gasteiger partial charge in [-0.3, -0.25) is 4.79 Å². The van der Waals surface area contributed by atoms with E-state index in [-0.39, 0.29) is 24.9 Å². The average molecular weight is 327 g/mol. The predicted molar refractivity (Wildman–Crippen MR) is 88.8 cm³/mol. The molecule has 0 spiro atoms. The summed E-state index contributed by atoms with van der Waals surface area (Å²) in [5.41, 5.74) is 0.0352. The first-order chi connectivity index (χ1) is 11.6. The number of aliphatic hydroxyl groups is 1. The molecule has 6 nitrogen and oxygen atoms in total. The fourth-order valence-corrected chi connectivity index (χ4v) is 2.88. The molecular formula is C18H21N3O3. The van der Waals surface area contributed by atoms with Gasteiger partial charge in [-0.1, -0.05) is 12.1 Å². The number of aromatic nitrogens is 2. The number of hydrogen-bond donors (Lipinski definition) is 1. The molecule has 0 unspecified atom stereocenters. The first kappa shape index (κ1) is 16.4. The average Bonchev–Trinajstić information content (AvgIpc) is 2.60. The van der Waals surface area contributed by atoms with E-state index in [1.165, 1.54) is 12.4 Å². The van der Waals surface area contributed by atoms with Gasteiger partial charge in [-0.2, -0.15) is 0 Å². The quantitative estimate of drug-likeness (QED) is 0.927. The van der Waals surface area contributed by atoms with Crippen LogP contribution in [0.1, 0.15) is 29.0 Å². The van der Waals surface area contributed by atoms with Gasteiger partial charge in [0.1, 0.15) is 18.0 Å². The van der Waals surface area contributed by atoms with Gasteiger partial charge in [0, 0.05) is 18.9 Å². The molecule has 0 bridgehead atoms. The van der Waals surface area contributed by atoms with Crippen LogP contribution in [-0.4, -0.2) is 51.2 Å². The van der Waals surface area contributed by atoms with Crippen LogP contribution in [0.5, 0.6) is 5.75 Å². The number of ether oxygens (including phenoxy) is 1. The second kappa shape index (κ2) is 6.97. The van der Waals surface area contributed by atoms with Crippen LogP contribution in [0, 0.1) is 6.92 Å². The summed E-state index contributed by atoms with van der Waals surface area (Å²) < 4.78 is 5.74. The third kappa shape index (κ3) is 3.89. The molecule has 1 saturated heterocycles. The molecular weight excluding hydrogens is 306 g/mol. The van der Waals surface area contributed by atoms with Crippen molar-refractivity contribution in [1.82, 2.24) is 14.9 Å². The fraction of sp³-hybridized carbons (Fsp3) is 0.389. The van der Waals surface area contributed by atoms with Crippen molar-refractivity contribution < 1.29 is 14.6 Å². The number of rotatable bonds is 4. The number of aryl methyl sites for hydroxylation is 1. The molecule has 126 valence electrons. The molecule has 1 N–H and O–H groups in total. The SMILES string of the molecule is Cc1cccc(OC[C@@]2(O)CCCN(C(=O)c3ncccn3)C2)c1. The number of piperidine rings is 1. The summed E-state index contributed by atoms with van der Waals surface area (Å²) in [5, 5.41) is 10.8. The number of β-amino-alcohol motifs (C(OH)–C–C–N with tert-alkyl or cyclic N) is 1. The summed E-state index contributed by atoms with van der Waals surface area (Å²) >= 11 is 0. The highest BCUT2D eigenvalue weighted by atomic mass is 16.5. The van der Waals surface area contributed by atoms with E-state index in [1.54, 1.807) is 11.0 Å². The summed E-state index contributed by atoms with van der Waals surface area (Å²) in [5.74, 6) is 0.615. The van der Waals surface area contributed by atoms with E-state index in [1.807, 2.05) is 31.2 Å².